The van der Waals surface area contributed by atoms with Crippen LogP contribution in [0.25, 0.3) is 0 Å². The highest BCUT2D eigenvalue weighted by Crippen LogP contribution is 2.26. The molecule has 5 heteroatoms. The largest absolute Gasteiger partial charge is 0.306 e. The van der Waals surface area contributed by atoms with Crippen molar-refractivity contribution in [2.24, 2.45) is 0 Å². The van der Waals surface area contributed by atoms with Gasteiger partial charge in [-0.3, -0.25) is 0 Å². The normalized spacial score (nSPS) is 12.4. The predicted octanol–water partition coefficient (Wildman–Crippen LogP) is 2.84. The molecular formula is C14H15F2N3. The van der Waals surface area contributed by atoms with Crippen LogP contribution in [0, 0.1) is 11.6 Å². The molecule has 1 heterocycles. The highest BCUT2D eigenvalue weighted by atomic mass is 19.1. The van der Waals surface area contributed by atoms with Crippen LogP contribution in [0.3, 0.4) is 0 Å². The van der Waals surface area contributed by atoms with E-state index in [4.69, 9.17) is 0 Å². The third-order valence-electron chi connectivity index (χ3n) is 2.83. The van der Waals surface area contributed by atoms with Crippen LogP contribution in [0.4, 0.5) is 8.78 Å². The SMILES string of the molecule is CCCNC(c1ccnnc1)c1c(F)cccc1F. The second-order valence-corrected chi connectivity index (χ2v) is 4.20. The minimum Gasteiger partial charge on any atom is -0.306 e. The first-order valence-electron chi connectivity index (χ1n) is 6.18. The van der Waals surface area contributed by atoms with Crippen LogP contribution >= 0.6 is 0 Å². The zero-order valence-corrected chi connectivity index (χ0v) is 10.6. The number of nitrogens with zero attached hydrogens (tertiary/aromatic N) is 2. The van der Waals surface area contributed by atoms with Gasteiger partial charge in [0.05, 0.1) is 12.2 Å². The Labute approximate surface area is 110 Å². The quantitative estimate of drug-likeness (QED) is 0.901. The lowest BCUT2D eigenvalue weighted by atomic mass is 9.99. The number of hydrogen-bond donors (Lipinski definition) is 1. The van der Waals surface area contributed by atoms with E-state index in [-0.39, 0.29) is 5.56 Å². The molecule has 1 N–H and O–H groups in total. The summed E-state index contributed by atoms with van der Waals surface area (Å²) in [5, 5.41) is 10.6. The molecule has 3 nitrogen and oxygen atoms in total. The number of halogens is 2. The van der Waals surface area contributed by atoms with Gasteiger partial charge in [-0.1, -0.05) is 13.0 Å². The highest BCUT2D eigenvalue weighted by Gasteiger charge is 2.21. The Kier molecular flexibility index (Phi) is 4.52. The molecule has 2 aromatic rings. The second kappa shape index (κ2) is 6.33. The minimum atomic E-state index is -0.564. The molecule has 0 bridgehead atoms. The summed E-state index contributed by atoms with van der Waals surface area (Å²) in [5.74, 6) is -1.13. The number of nitrogens with one attached hydrogen (secondary N) is 1. The van der Waals surface area contributed by atoms with Crippen LogP contribution in [0.1, 0.15) is 30.5 Å². The Hall–Kier alpha value is -1.88. The Morgan fingerprint density at radius 3 is 2.47 bits per heavy atom. The lowest BCUT2D eigenvalue weighted by molar-refractivity contribution is 0.502. The molecule has 0 amide bonds. The fraction of sp³-hybridized carbons (Fsp3) is 0.286. The number of hydrogen-bond acceptors (Lipinski definition) is 3. The Morgan fingerprint density at radius 2 is 1.89 bits per heavy atom. The average Bonchev–Trinajstić information content (AvgIpc) is 2.43. The summed E-state index contributed by atoms with van der Waals surface area (Å²) in [6.45, 7) is 2.65. The summed E-state index contributed by atoms with van der Waals surface area (Å²) < 4.78 is 27.8. The van der Waals surface area contributed by atoms with Gasteiger partial charge in [-0.15, -0.1) is 0 Å². The Bertz CT molecular complexity index is 511. The van der Waals surface area contributed by atoms with Crippen LogP contribution in [0.2, 0.25) is 0 Å². The number of benzene rings is 1. The van der Waals surface area contributed by atoms with E-state index in [1.165, 1.54) is 30.6 Å². The van der Waals surface area contributed by atoms with Gasteiger partial charge in [0.15, 0.2) is 0 Å². The summed E-state index contributed by atoms with van der Waals surface area (Å²) in [7, 11) is 0. The lowest BCUT2D eigenvalue weighted by Gasteiger charge is -2.20. The molecule has 0 aliphatic carbocycles. The van der Waals surface area contributed by atoms with Crippen molar-refractivity contribution in [3.8, 4) is 0 Å². The van der Waals surface area contributed by atoms with Crippen LogP contribution in [0.15, 0.2) is 36.7 Å². The molecule has 0 saturated heterocycles. The molecule has 1 aromatic carbocycles. The summed E-state index contributed by atoms with van der Waals surface area (Å²) in [5.41, 5.74) is 0.705. The molecule has 1 unspecified atom stereocenters. The summed E-state index contributed by atoms with van der Waals surface area (Å²) in [6.07, 6.45) is 3.89. The molecule has 0 aliphatic heterocycles. The molecule has 0 aliphatic rings. The van der Waals surface area contributed by atoms with E-state index in [2.05, 4.69) is 15.5 Å². The van der Waals surface area contributed by atoms with Gasteiger partial charge >= 0.3 is 0 Å². The molecule has 0 fully saturated rings. The van der Waals surface area contributed by atoms with Crippen molar-refractivity contribution < 1.29 is 8.78 Å². The smallest absolute Gasteiger partial charge is 0.131 e. The zero-order chi connectivity index (χ0) is 13.7. The van der Waals surface area contributed by atoms with Gasteiger partial charge < -0.3 is 5.32 Å². The van der Waals surface area contributed by atoms with E-state index >= 15 is 0 Å². The highest BCUT2D eigenvalue weighted by molar-refractivity contribution is 5.31. The van der Waals surface area contributed by atoms with Crippen molar-refractivity contribution in [1.29, 1.82) is 0 Å². The predicted molar refractivity (Wildman–Crippen MR) is 68.5 cm³/mol. The van der Waals surface area contributed by atoms with Crippen molar-refractivity contribution >= 4 is 0 Å². The Morgan fingerprint density at radius 1 is 1.16 bits per heavy atom. The molecule has 0 saturated carbocycles. The van der Waals surface area contributed by atoms with Gasteiger partial charge in [0.25, 0.3) is 0 Å². The first kappa shape index (κ1) is 13.5. The van der Waals surface area contributed by atoms with Crippen LogP contribution < -0.4 is 5.32 Å². The number of rotatable bonds is 5. The molecule has 0 radical (unpaired) electrons. The maximum atomic E-state index is 13.9. The van der Waals surface area contributed by atoms with Crippen molar-refractivity contribution in [1.82, 2.24) is 15.5 Å². The second-order valence-electron chi connectivity index (χ2n) is 4.20. The van der Waals surface area contributed by atoms with Gasteiger partial charge in [0, 0.05) is 11.8 Å². The van der Waals surface area contributed by atoms with Crippen molar-refractivity contribution in [2.45, 2.75) is 19.4 Å². The fourth-order valence-electron chi connectivity index (χ4n) is 1.93. The lowest BCUT2D eigenvalue weighted by Crippen LogP contribution is -2.25. The van der Waals surface area contributed by atoms with E-state index in [1.807, 2.05) is 6.92 Å². The van der Waals surface area contributed by atoms with Gasteiger partial charge in [-0.05, 0) is 36.7 Å². The molecule has 1 aromatic heterocycles. The summed E-state index contributed by atoms with van der Waals surface area (Å²) in [4.78, 5) is 0. The van der Waals surface area contributed by atoms with E-state index < -0.39 is 17.7 Å². The first-order valence-corrected chi connectivity index (χ1v) is 6.18. The van der Waals surface area contributed by atoms with E-state index in [0.717, 1.165) is 6.42 Å². The van der Waals surface area contributed by atoms with Crippen molar-refractivity contribution in [3.63, 3.8) is 0 Å². The summed E-state index contributed by atoms with van der Waals surface area (Å²) in [6, 6.07) is 5.01. The molecular weight excluding hydrogens is 248 g/mol. The maximum absolute atomic E-state index is 13.9. The minimum absolute atomic E-state index is 0.0175. The molecule has 19 heavy (non-hydrogen) atoms. The summed E-state index contributed by atoms with van der Waals surface area (Å²) >= 11 is 0. The van der Waals surface area contributed by atoms with Gasteiger partial charge in [-0.2, -0.15) is 10.2 Å². The fourth-order valence-corrected chi connectivity index (χ4v) is 1.93. The monoisotopic (exact) mass is 263 g/mol. The van der Waals surface area contributed by atoms with E-state index in [9.17, 15) is 8.78 Å². The van der Waals surface area contributed by atoms with Crippen molar-refractivity contribution in [3.05, 3.63) is 59.4 Å². The number of aromatic nitrogens is 2. The Balaban J connectivity index is 2.43. The average molecular weight is 263 g/mol. The van der Waals surface area contributed by atoms with Crippen LogP contribution in [-0.4, -0.2) is 16.7 Å². The molecule has 100 valence electrons. The maximum Gasteiger partial charge on any atom is 0.131 e. The van der Waals surface area contributed by atoms with Crippen molar-refractivity contribution in [2.75, 3.05) is 6.54 Å². The molecule has 0 spiro atoms. The van der Waals surface area contributed by atoms with Gasteiger partial charge in [0.1, 0.15) is 11.6 Å². The van der Waals surface area contributed by atoms with Gasteiger partial charge in [-0.25, -0.2) is 8.78 Å². The zero-order valence-electron chi connectivity index (χ0n) is 10.6. The molecule has 2 rings (SSSR count). The van der Waals surface area contributed by atoms with E-state index in [1.54, 1.807) is 6.07 Å². The van der Waals surface area contributed by atoms with Crippen LogP contribution in [-0.2, 0) is 0 Å². The topological polar surface area (TPSA) is 37.8 Å². The van der Waals surface area contributed by atoms with E-state index in [0.29, 0.717) is 12.1 Å². The first-order chi connectivity index (χ1) is 9.24. The van der Waals surface area contributed by atoms with Crippen LogP contribution in [0.5, 0.6) is 0 Å². The molecule has 1 atom stereocenters. The third-order valence-corrected chi connectivity index (χ3v) is 2.83. The third kappa shape index (κ3) is 3.12. The standard InChI is InChI=1S/C14H15F2N3/c1-2-7-17-14(10-6-8-18-19-9-10)13-11(15)4-3-5-12(13)16/h3-6,8-9,14,17H,2,7H2,1H3. The van der Waals surface area contributed by atoms with Gasteiger partial charge in [0.2, 0.25) is 0 Å².